The molecule has 1 aliphatic carbocycles. The van der Waals surface area contributed by atoms with Gasteiger partial charge in [0.2, 0.25) is 6.41 Å². The zero-order chi connectivity index (χ0) is 21.3. The molecule has 5 nitrogen and oxygen atoms in total. The number of phenols is 1. The maximum absolute atomic E-state index is 10.1. The van der Waals surface area contributed by atoms with Crippen molar-refractivity contribution in [3.05, 3.63) is 77.6 Å². The number of benzene rings is 2. The van der Waals surface area contributed by atoms with Gasteiger partial charge in [0.1, 0.15) is 5.75 Å². The summed E-state index contributed by atoms with van der Waals surface area (Å²) in [6.07, 6.45) is 9.63. The summed E-state index contributed by atoms with van der Waals surface area (Å²) in [5.41, 5.74) is 9.98. The fraction of sp³-hybridized carbons (Fsp3) is 0.320. The van der Waals surface area contributed by atoms with Crippen molar-refractivity contribution in [1.82, 2.24) is 4.57 Å². The molecule has 0 spiro atoms. The minimum atomic E-state index is 0.250. The number of carbonyl (C=O) groups excluding carboxylic acids is 1. The lowest BCUT2D eigenvalue weighted by Gasteiger charge is -2.25. The topological polar surface area (TPSA) is 80.3 Å². The molecule has 1 fully saturated rings. The number of aromatic hydroxyl groups is 1. The quantitative estimate of drug-likeness (QED) is 0.527. The number of carbonyl (C=O) groups is 1. The van der Waals surface area contributed by atoms with Gasteiger partial charge in [0.25, 0.3) is 0 Å². The number of primary amides is 1. The molecule has 1 aliphatic rings. The molecule has 1 saturated carbocycles. The maximum atomic E-state index is 10.1. The number of nitrogens with two attached hydrogens (primary N) is 1. The summed E-state index contributed by atoms with van der Waals surface area (Å²) in [5, 5.41) is 13.9. The van der Waals surface area contributed by atoms with Crippen LogP contribution in [-0.4, -0.2) is 22.1 Å². The van der Waals surface area contributed by atoms with Gasteiger partial charge >= 0.3 is 0 Å². The zero-order valence-corrected chi connectivity index (χ0v) is 17.6. The summed E-state index contributed by atoms with van der Waals surface area (Å²) >= 11 is 0. The standard InChI is InChI=1S/C24H28N2O.CH3NO/c1-18-13-14-22(17-23(18)25-20-9-3-2-4-10-20)26-15-7-11-21(26)16-19-8-5-6-12-24(19)27;2-1-3/h5-8,11-15,17,20,25,27H,2-4,9-10,16H2,1H3;1H,(H2,2,3). The van der Waals surface area contributed by atoms with Crippen LogP contribution in [0.25, 0.3) is 5.69 Å². The van der Waals surface area contributed by atoms with E-state index in [0.717, 1.165) is 11.3 Å². The summed E-state index contributed by atoms with van der Waals surface area (Å²) in [4.78, 5) is 8.58. The smallest absolute Gasteiger partial charge is 0.204 e. The van der Waals surface area contributed by atoms with Crippen molar-refractivity contribution in [2.24, 2.45) is 5.73 Å². The van der Waals surface area contributed by atoms with Crippen molar-refractivity contribution >= 4 is 12.1 Å². The lowest BCUT2D eigenvalue weighted by atomic mass is 9.95. The van der Waals surface area contributed by atoms with Crippen LogP contribution in [-0.2, 0) is 11.2 Å². The number of aryl methyl sites for hydroxylation is 1. The minimum absolute atomic E-state index is 0.250. The molecule has 0 atom stereocenters. The van der Waals surface area contributed by atoms with Crippen molar-refractivity contribution in [3.8, 4) is 11.4 Å². The Bertz CT molecular complexity index is 959. The second kappa shape index (κ2) is 10.5. The first-order valence-corrected chi connectivity index (χ1v) is 10.6. The second-order valence-corrected chi connectivity index (χ2v) is 7.79. The monoisotopic (exact) mass is 405 g/mol. The molecule has 1 heterocycles. The van der Waals surface area contributed by atoms with Crippen molar-refractivity contribution < 1.29 is 9.90 Å². The highest BCUT2D eigenvalue weighted by molar-refractivity contribution is 5.58. The number of rotatable bonds is 5. The van der Waals surface area contributed by atoms with E-state index in [0.29, 0.717) is 18.2 Å². The number of nitrogens with one attached hydrogen (secondary N) is 1. The van der Waals surface area contributed by atoms with Gasteiger partial charge in [0.05, 0.1) is 0 Å². The molecule has 1 aromatic heterocycles. The highest BCUT2D eigenvalue weighted by Gasteiger charge is 2.15. The predicted molar refractivity (Wildman–Crippen MR) is 122 cm³/mol. The van der Waals surface area contributed by atoms with Crippen LogP contribution < -0.4 is 11.1 Å². The highest BCUT2D eigenvalue weighted by atomic mass is 16.3. The predicted octanol–water partition coefficient (Wildman–Crippen LogP) is 4.93. The van der Waals surface area contributed by atoms with Crippen LogP contribution in [0.3, 0.4) is 0 Å². The number of aromatic nitrogens is 1. The summed E-state index contributed by atoms with van der Waals surface area (Å²) in [5.74, 6) is 0.355. The van der Waals surface area contributed by atoms with Crippen molar-refractivity contribution in [2.75, 3.05) is 5.32 Å². The Morgan fingerprint density at radius 1 is 1.10 bits per heavy atom. The molecule has 1 amide bonds. The van der Waals surface area contributed by atoms with E-state index in [9.17, 15) is 5.11 Å². The third-order valence-electron chi connectivity index (χ3n) is 5.66. The van der Waals surface area contributed by atoms with E-state index in [1.807, 2.05) is 18.2 Å². The van der Waals surface area contributed by atoms with E-state index in [1.54, 1.807) is 6.07 Å². The Hall–Kier alpha value is -3.21. The van der Waals surface area contributed by atoms with Crippen molar-refractivity contribution in [1.29, 1.82) is 0 Å². The zero-order valence-electron chi connectivity index (χ0n) is 17.6. The third kappa shape index (κ3) is 5.44. The van der Waals surface area contributed by atoms with Gasteiger partial charge in [0, 0.05) is 35.7 Å². The molecule has 30 heavy (non-hydrogen) atoms. The minimum Gasteiger partial charge on any atom is -0.508 e. The molecule has 0 aliphatic heterocycles. The third-order valence-corrected chi connectivity index (χ3v) is 5.66. The van der Waals surface area contributed by atoms with Gasteiger partial charge in [-0.3, -0.25) is 4.79 Å². The molecule has 0 unspecified atom stereocenters. The molecule has 0 radical (unpaired) electrons. The number of anilines is 1. The SMILES string of the molecule is Cc1ccc(-n2cccc2Cc2ccccc2O)cc1NC1CCCCC1.NC=O. The molecule has 0 bridgehead atoms. The number of amides is 1. The molecule has 4 N–H and O–H groups in total. The first kappa shape index (κ1) is 21.5. The van der Waals surface area contributed by atoms with Gasteiger partial charge in [-0.25, -0.2) is 0 Å². The number of phenolic OH excluding ortho intramolecular Hbond substituents is 1. The molecule has 0 saturated heterocycles. The Balaban J connectivity index is 0.000000806. The van der Waals surface area contributed by atoms with E-state index >= 15 is 0 Å². The van der Waals surface area contributed by atoms with Gasteiger partial charge in [-0.2, -0.15) is 0 Å². The van der Waals surface area contributed by atoms with E-state index in [-0.39, 0.29) is 6.41 Å². The summed E-state index contributed by atoms with van der Waals surface area (Å²) in [6.45, 7) is 2.17. The molecular weight excluding hydrogens is 374 g/mol. The fourth-order valence-corrected chi connectivity index (χ4v) is 4.05. The van der Waals surface area contributed by atoms with E-state index in [4.69, 9.17) is 4.79 Å². The van der Waals surface area contributed by atoms with Crippen LogP contribution in [0.2, 0.25) is 0 Å². The van der Waals surface area contributed by atoms with Crippen LogP contribution in [0.5, 0.6) is 5.75 Å². The lowest BCUT2D eigenvalue weighted by molar-refractivity contribution is -0.106. The van der Waals surface area contributed by atoms with Crippen LogP contribution in [0.15, 0.2) is 60.8 Å². The average Bonchev–Trinajstić information content (AvgIpc) is 3.21. The Morgan fingerprint density at radius 3 is 2.57 bits per heavy atom. The summed E-state index contributed by atoms with van der Waals surface area (Å²) in [6, 6.07) is 19.0. The van der Waals surface area contributed by atoms with E-state index < -0.39 is 0 Å². The number of hydrogen-bond acceptors (Lipinski definition) is 3. The number of para-hydroxylation sites is 1. The van der Waals surface area contributed by atoms with Crippen LogP contribution >= 0.6 is 0 Å². The molecule has 158 valence electrons. The Morgan fingerprint density at radius 2 is 1.83 bits per heavy atom. The summed E-state index contributed by atoms with van der Waals surface area (Å²) < 4.78 is 2.22. The van der Waals surface area contributed by atoms with Gasteiger partial charge in [-0.05, 0) is 61.2 Å². The summed E-state index contributed by atoms with van der Waals surface area (Å²) in [7, 11) is 0. The second-order valence-electron chi connectivity index (χ2n) is 7.79. The van der Waals surface area contributed by atoms with Gasteiger partial charge in [-0.15, -0.1) is 0 Å². The van der Waals surface area contributed by atoms with Crippen LogP contribution in [0.4, 0.5) is 5.69 Å². The van der Waals surface area contributed by atoms with Crippen molar-refractivity contribution in [2.45, 2.75) is 51.5 Å². The first-order chi connectivity index (χ1) is 14.6. The van der Waals surface area contributed by atoms with Gasteiger partial charge in [0.15, 0.2) is 0 Å². The highest BCUT2D eigenvalue weighted by Crippen LogP contribution is 2.27. The van der Waals surface area contributed by atoms with Gasteiger partial charge < -0.3 is 20.7 Å². The number of nitrogens with zero attached hydrogens (tertiary/aromatic N) is 1. The molecule has 5 heteroatoms. The molecule has 3 aromatic rings. The van der Waals surface area contributed by atoms with E-state index in [2.05, 4.69) is 59.1 Å². The van der Waals surface area contributed by atoms with Crippen LogP contribution in [0.1, 0.15) is 48.9 Å². The average molecular weight is 406 g/mol. The number of hydrogen-bond donors (Lipinski definition) is 3. The molecule has 2 aromatic carbocycles. The largest absolute Gasteiger partial charge is 0.508 e. The normalized spacial score (nSPS) is 13.9. The lowest BCUT2D eigenvalue weighted by Crippen LogP contribution is -2.22. The maximum Gasteiger partial charge on any atom is 0.204 e. The van der Waals surface area contributed by atoms with Gasteiger partial charge in [-0.1, -0.05) is 43.5 Å². The fourth-order valence-electron chi connectivity index (χ4n) is 4.05. The first-order valence-electron chi connectivity index (χ1n) is 10.6. The van der Waals surface area contributed by atoms with Crippen molar-refractivity contribution in [3.63, 3.8) is 0 Å². The Labute approximate surface area is 178 Å². The molecular formula is C25H31N3O2. The van der Waals surface area contributed by atoms with E-state index in [1.165, 1.54) is 49.0 Å². The Kier molecular flexibility index (Phi) is 7.55. The van der Waals surface area contributed by atoms with Crippen LogP contribution in [0, 0.1) is 6.92 Å². The molecule has 4 rings (SSSR count).